The fraction of sp³-hybridized carbons (Fsp3) is 0.158. The van der Waals surface area contributed by atoms with Crippen LogP contribution in [0.25, 0.3) is 27.5 Å². The van der Waals surface area contributed by atoms with Gasteiger partial charge in [-0.25, -0.2) is 0 Å². The number of pyridine rings is 1. The summed E-state index contributed by atoms with van der Waals surface area (Å²) >= 11 is 6.02. The predicted octanol–water partition coefficient (Wildman–Crippen LogP) is 4.00. The Balaban J connectivity index is 1.73. The number of nitrogens with zero attached hydrogens (tertiary/aromatic N) is 3. The highest BCUT2D eigenvalue weighted by molar-refractivity contribution is 6.30. The summed E-state index contributed by atoms with van der Waals surface area (Å²) in [5.41, 5.74) is 2.66. The minimum atomic E-state index is 0.164. The molecular weight excluding hydrogens is 338 g/mol. The van der Waals surface area contributed by atoms with Gasteiger partial charge in [-0.3, -0.25) is 4.98 Å². The average Bonchev–Trinajstić information content (AvgIpc) is 3.40. The molecule has 1 aliphatic heterocycles. The van der Waals surface area contributed by atoms with E-state index in [1.165, 1.54) is 0 Å². The molecule has 0 saturated carbocycles. The van der Waals surface area contributed by atoms with Crippen LogP contribution in [0.2, 0.25) is 5.02 Å². The fourth-order valence-corrected chi connectivity index (χ4v) is 3.01. The van der Waals surface area contributed by atoms with Gasteiger partial charge in [0.05, 0.1) is 23.2 Å². The zero-order valence-electron chi connectivity index (χ0n) is 13.2. The highest BCUT2D eigenvalue weighted by Gasteiger charge is 2.25. The van der Waals surface area contributed by atoms with Gasteiger partial charge in [-0.15, -0.1) is 0 Å². The van der Waals surface area contributed by atoms with Gasteiger partial charge >= 0.3 is 0 Å². The second-order valence-electron chi connectivity index (χ2n) is 6.00. The summed E-state index contributed by atoms with van der Waals surface area (Å²) in [5, 5.41) is 7.37. The third kappa shape index (κ3) is 2.62. The largest absolute Gasteiger partial charge is 0.474 e. The lowest BCUT2D eigenvalue weighted by Crippen LogP contribution is -2.08. The lowest BCUT2D eigenvalue weighted by Gasteiger charge is -2.08. The van der Waals surface area contributed by atoms with Crippen molar-refractivity contribution < 1.29 is 9.47 Å². The third-order valence-electron chi connectivity index (χ3n) is 4.25. The summed E-state index contributed by atoms with van der Waals surface area (Å²) in [4.78, 5) is 4.55. The lowest BCUT2D eigenvalue weighted by atomic mass is 10.2. The number of aromatic nitrogens is 3. The fourth-order valence-electron chi connectivity index (χ4n) is 2.88. The van der Waals surface area contributed by atoms with E-state index in [9.17, 15) is 0 Å². The SMILES string of the molecule is Clc1ccc(-n2nc3c(cnc4ccccc43)c2OCC2CO2)cc1. The Morgan fingerprint density at radius 3 is 2.72 bits per heavy atom. The van der Waals surface area contributed by atoms with Crippen molar-refractivity contribution in [2.75, 3.05) is 13.2 Å². The highest BCUT2D eigenvalue weighted by Crippen LogP contribution is 2.33. The lowest BCUT2D eigenvalue weighted by molar-refractivity contribution is 0.252. The van der Waals surface area contributed by atoms with Gasteiger partial charge in [-0.05, 0) is 30.3 Å². The van der Waals surface area contributed by atoms with Crippen LogP contribution in [0, 0.1) is 0 Å². The summed E-state index contributed by atoms with van der Waals surface area (Å²) in [5.74, 6) is 0.672. The average molecular weight is 352 g/mol. The number of epoxide rings is 1. The van der Waals surface area contributed by atoms with E-state index in [0.717, 1.165) is 34.1 Å². The van der Waals surface area contributed by atoms with Crippen LogP contribution in [0.15, 0.2) is 54.7 Å². The minimum absolute atomic E-state index is 0.164. The minimum Gasteiger partial charge on any atom is -0.474 e. The van der Waals surface area contributed by atoms with Crippen molar-refractivity contribution in [1.29, 1.82) is 0 Å². The maximum absolute atomic E-state index is 6.05. The molecule has 4 aromatic rings. The predicted molar refractivity (Wildman–Crippen MR) is 96.6 cm³/mol. The molecule has 0 aliphatic carbocycles. The number of benzene rings is 2. The van der Waals surface area contributed by atoms with E-state index in [1.54, 1.807) is 4.68 Å². The Morgan fingerprint density at radius 2 is 1.92 bits per heavy atom. The van der Waals surface area contributed by atoms with Crippen LogP contribution < -0.4 is 4.74 Å². The maximum atomic E-state index is 6.05. The molecule has 1 aliphatic rings. The number of hydrogen-bond acceptors (Lipinski definition) is 4. The van der Waals surface area contributed by atoms with Crippen LogP contribution in [-0.4, -0.2) is 34.1 Å². The Kier molecular flexibility index (Phi) is 3.36. The normalized spacial score (nSPS) is 16.4. The molecule has 5 nitrogen and oxygen atoms in total. The monoisotopic (exact) mass is 351 g/mol. The van der Waals surface area contributed by atoms with Crippen LogP contribution >= 0.6 is 11.6 Å². The molecule has 0 amide bonds. The quantitative estimate of drug-likeness (QED) is 0.521. The number of rotatable bonds is 4. The van der Waals surface area contributed by atoms with Crippen LogP contribution in [0.3, 0.4) is 0 Å². The summed E-state index contributed by atoms with van der Waals surface area (Å²) in [6.07, 6.45) is 1.98. The molecule has 1 atom stereocenters. The maximum Gasteiger partial charge on any atom is 0.226 e. The van der Waals surface area contributed by atoms with E-state index in [4.69, 9.17) is 26.2 Å². The van der Waals surface area contributed by atoms with Crippen molar-refractivity contribution in [3.05, 3.63) is 59.8 Å². The van der Waals surface area contributed by atoms with Gasteiger partial charge in [0.15, 0.2) is 0 Å². The van der Waals surface area contributed by atoms with E-state index < -0.39 is 0 Å². The van der Waals surface area contributed by atoms with Gasteiger partial charge in [0, 0.05) is 16.6 Å². The molecule has 1 saturated heterocycles. The molecule has 1 fully saturated rings. The molecule has 0 N–H and O–H groups in total. The number of halogens is 1. The van der Waals surface area contributed by atoms with Crippen molar-refractivity contribution in [3.63, 3.8) is 0 Å². The van der Waals surface area contributed by atoms with Crippen LogP contribution in [0.4, 0.5) is 0 Å². The second kappa shape index (κ2) is 5.72. The van der Waals surface area contributed by atoms with E-state index in [2.05, 4.69) is 4.98 Å². The number of hydrogen-bond donors (Lipinski definition) is 0. The molecule has 25 heavy (non-hydrogen) atoms. The van der Waals surface area contributed by atoms with Crippen LogP contribution in [-0.2, 0) is 4.74 Å². The van der Waals surface area contributed by atoms with E-state index in [-0.39, 0.29) is 6.10 Å². The standard InChI is InChI=1S/C19H14ClN3O2/c20-12-5-7-13(8-6-12)23-19(25-11-14-10-24-14)16-9-21-17-4-2-1-3-15(17)18(16)22-23/h1-9,14H,10-11H2. The summed E-state index contributed by atoms with van der Waals surface area (Å²) in [7, 11) is 0. The molecule has 124 valence electrons. The van der Waals surface area contributed by atoms with Gasteiger partial charge in [-0.2, -0.15) is 9.78 Å². The van der Waals surface area contributed by atoms with Gasteiger partial charge in [-0.1, -0.05) is 29.8 Å². The van der Waals surface area contributed by atoms with Crippen molar-refractivity contribution in [2.45, 2.75) is 6.10 Å². The molecule has 0 spiro atoms. The van der Waals surface area contributed by atoms with Gasteiger partial charge in [0.1, 0.15) is 18.2 Å². The van der Waals surface area contributed by atoms with E-state index >= 15 is 0 Å². The molecule has 3 heterocycles. The molecule has 2 aromatic carbocycles. The first-order valence-electron chi connectivity index (χ1n) is 8.06. The zero-order chi connectivity index (χ0) is 16.8. The second-order valence-corrected chi connectivity index (χ2v) is 6.43. The Hall–Kier alpha value is -2.63. The number of ether oxygens (including phenoxy) is 2. The Morgan fingerprint density at radius 1 is 1.12 bits per heavy atom. The smallest absolute Gasteiger partial charge is 0.226 e. The molecule has 0 radical (unpaired) electrons. The van der Waals surface area contributed by atoms with Crippen molar-refractivity contribution in [3.8, 4) is 11.6 Å². The molecular formula is C19H14ClN3O2. The first-order valence-corrected chi connectivity index (χ1v) is 8.44. The molecule has 5 rings (SSSR count). The van der Waals surface area contributed by atoms with E-state index in [0.29, 0.717) is 17.5 Å². The third-order valence-corrected chi connectivity index (χ3v) is 4.50. The highest BCUT2D eigenvalue weighted by atomic mass is 35.5. The molecule has 6 heteroatoms. The van der Waals surface area contributed by atoms with Crippen LogP contribution in [0.1, 0.15) is 0 Å². The summed E-state index contributed by atoms with van der Waals surface area (Å²) < 4.78 is 13.1. The van der Waals surface area contributed by atoms with Gasteiger partial charge in [0.25, 0.3) is 0 Å². The molecule has 0 bridgehead atoms. The van der Waals surface area contributed by atoms with Crippen molar-refractivity contribution in [2.24, 2.45) is 0 Å². The topological polar surface area (TPSA) is 52.5 Å². The molecule has 2 aromatic heterocycles. The first-order chi connectivity index (χ1) is 12.3. The number of fused-ring (bicyclic) bond motifs is 3. The zero-order valence-corrected chi connectivity index (χ0v) is 14.0. The first kappa shape index (κ1) is 14.7. The number of para-hydroxylation sites is 1. The summed E-state index contributed by atoms with van der Waals surface area (Å²) in [6.45, 7) is 1.25. The molecule has 1 unspecified atom stereocenters. The van der Waals surface area contributed by atoms with Crippen LogP contribution in [0.5, 0.6) is 5.88 Å². The van der Waals surface area contributed by atoms with E-state index in [1.807, 2.05) is 54.7 Å². The van der Waals surface area contributed by atoms with Crippen molar-refractivity contribution >= 4 is 33.4 Å². The Bertz CT molecular complexity index is 1070. The van der Waals surface area contributed by atoms with Gasteiger partial charge < -0.3 is 9.47 Å². The summed E-state index contributed by atoms with van der Waals surface area (Å²) in [6, 6.07) is 15.5. The Labute approximate surface area is 148 Å². The van der Waals surface area contributed by atoms with Gasteiger partial charge in [0.2, 0.25) is 5.88 Å². The van der Waals surface area contributed by atoms with Crippen molar-refractivity contribution in [1.82, 2.24) is 14.8 Å².